The molecule has 0 bridgehead atoms. The Bertz CT molecular complexity index is 636. The molecule has 0 aliphatic rings. The normalized spacial score (nSPS) is 13.6. The molecule has 0 radical (unpaired) electrons. The highest BCUT2D eigenvalue weighted by Gasteiger charge is 2.26. The van der Waals surface area contributed by atoms with Gasteiger partial charge >= 0.3 is 12.1 Å². The number of nitrogens with zero attached hydrogens (tertiary/aromatic N) is 2. The fraction of sp³-hybridized carbons (Fsp3) is 0.357. The van der Waals surface area contributed by atoms with Crippen molar-refractivity contribution >= 4 is 18.0 Å². The van der Waals surface area contributed by atoms with Gasteiger partial charge in [0.25, 0.3) is 0 Å². The predicted molar refractivity (Wildman–Crippen MR) is 87.3 cm³/mol. The van der Waals surface area contributed by atoms with E-state index in [4.69, 9.17) is 21.3 Å². The summed E-state index contributed by atoms with van der Waals surface area (Å²) in [5.41, 5.74) is 11.5. The van der Waals surface area contributed by atoms with E-state index < -0.39 is 42.0 Å². The summed E-state index contributed by atoms with van der Waals surface area (Å²) in [4.78, 5) is 36.0. The molecule has 2 atom stereocenters. The molecule has 6 N–H and O–H groups in total. The second kappa shape index (κ2) is 9.82. The molecule has 1 amide bonds. The number of guanidine groups is 1. The van der Waals surface area contributed by atoms with Crippen LogP contribution in [-0.2, 0) is 16.1 Å². The molecule has 0 aliphatic heterocycles. The monoisotopic (exact) mass is 353 g/mol. The number of benzene rings is 1. The van der Waals surface area contributed by atoms with Crippen LogP contribution in [0.3, 0.4) is 0 Å². The number of nitrogens with one attached hydrogen (secondary N) is 1. The van der Waals surface area contributed by atoms with Gasteiger partial charge in [0.2, 0.25) is 6.04 Å². The molecule has 0 spiro atoms. The number of carboxylic acid groups (broad SMARTS) is 1. The van der Waals surface area contributed by atoms with E-state index in [1.165, 1.54) is 0 Å². The van der Waals surface area contributed by atoms with Gasteiger partial charge in [-0.1, -0.05) is 30.3 Å². The molecule has 1 rings (SSSR count). The van der Waals surface area contributed by atoms with E-state index in [1.807, 2.05) is 6.07 Å². The van der Waals surface area contributed by atoms with Gasteiger partial charge in [0.15, 0.2) is 5.96 Å². The van der Waals surface area contributed by atoms with Crippen LogP contribution >= 0.6 is 0 Å². The molecule has 1 aromatic carbocycles. The number of aliphatic imine (C=N–C) groups is 1. The van der Waals surface area contributed by atoms with Gasteiger partial charge in [0.1, 0.15) is 19.2 Å². The van der Waals surface area contributed by atoms with Gasteiger partial charge in [-0.15, -0.1) is 0 Å². The molecule has 11 heteroatoms. The van der Waals surface area contributed by atoms with E-state index >= 15 is 0 Å². The molecule has 0 aliphatic carbocycles. The van der Waals surface area contributed by atoms with Crippen LogP contribution in [0.4, 0.5) is 4.79 Å². The Morgan fingerprint density at radius 1 is 1.36 bits per heavy atom. The van der Waals surface area contributed by atoms with Gasteiger partial charge in [0.05, 0.1) is 0 Å². The zero-order valence-corrected chi connectivity index (χ0v) is 13.2. The van der Waals surface area contributed by atoms with Crippen LogP contribution in [0.2, 0.25) is 0 Å². The van der Waals surface area contributed by atoms with Crippen molar-refractivity contribution in [2.75, 3.05) is 6.54 Å². The number of nitrogens with two attached hydrogens (primary N) is 2. The first kappa shape index (κ1) is 19.8. The van der Waals surface area contributed by atoms with Gasteiger partial charge in [-0.3, -0.25) is 20.2 Å². The first-order chi connectivity index (χ1) is 11.8. The first-order valence-corrected chi connectivity index (χ1v) is 7.19. The minimum absolute atomic E-state index is 0.0188. The SMILES string of the molecule is NC(=NCC(C[C@H](N)C(=O)O)[N+](=O)[O-])NC(=O)OCc1ccccc1. The molecule has 0 fully saturated rings. The van der Waals surface area contributed by atoms with E-state index in [0.29, 0.717) is 0 Å². The van der Waals surface area contributed by atoms with Gasteiger partial charge in [-0.25, -0.2) is 9.79 Å². The van der Waals surface area contributed by atoms with Gasteiger partial charge < -0.3 is 21.3 Å². The lowest BCUT2D eigenvalue weighted by molar-refractivity contribution is -0.520. The Morgan fingerprint density at radius 3 is 2.56 bits per heavy atom. The lowest BCUT2D eigenvalue weighted by atomic mass is 10.1. The minimum atomic E-state index is -1.39. The van der Waals surface area contributed by atoms with Crippen LogP contribution in [0, 0.1) is 10.1 Å². The zero-order valence-electron chi connectivity index (χ0n) is 13.2. The van der Waals surface area contributed by atoms with E-state index in [1.54, 1.807) is 24.3 Å². The third-order valence-electron chi connectivity index (χ3n) is 3.06. The van der Waals surface area contributed by atoms with Gasteiger partial charge in [0, 0.05) is 11.3 Å². The molecule has 25 heavy (non-hydrogen) atoms. The quantitative estimate of drug-likeness (QED) is 0.212. The van der Waals surface area contributed by atoms with Crippen molar-refractivity contribution in [1.29, 1.82) is 0 Å². The average Bonchev–Trinajstić information content (AvgIpc) is 2.57. The van der Waals surface area contributed by atoms with Gasteiger partial charge in [-0.05, 0) is 5.56 Å². The van der Waals surface area contributed by atoms with E-state index in [2.05, 4.69) is 10.3 Å². The van der Waals surface area contributed by atoms with Crippen molar-refractivity contribution in [3.05, 3.63) is 46.0 Å². The molecule has 1 aromatic rings. The highest BCUT2D eigenvalue weighted by molar-refractivity contribution is 5.92. The third kappa shape index (κ3) is 7.74. The van der Waals surface area contributed by atoms with Crippen LogP contribution in [0.5, 0.6) is 0 Å². The summed E-state index contributed by atoms with van der Waals surface area (Å²) in [5.74, 6) is -1.74. The fourth-order valence-corrected chi connectivity index (χ4v) is 1.73. The molecule has 0 saturated carbocycles. The number of ether oxygens (including phenoxy) is 1. The largest absolute Gasteiger partial charge is 0.480 e. The second-order valence-electron chi connectivity index (χ2n) is 5.03. The van der Waals surface area contributed by atoms with Crippen molar-refractivity contribution in [2.45, 2.75) is 25.1 Å². The molecule has 0 heterocycles. The lowest BCUT2D eigenvalue weighted by Gasteiger charge is -2.11. The number of hydrogen-bond donors (Lipinski definition) is 4. The first-order valence-electron chi connectivity index (χ1n) is 7.19. The van der Waals surface area contributed by atoms with Gasteiger partial charge in [-0.2, -0.15) is 0 Å². The Labute approximate surface area is 142 Å². The number of nitro groups is 1. The van der Waals surface area contributed by atoms with Crippen LogP contribution in [-0.4, -0.2) is 46.7 Å². The molecule has 136 valence electrons. The number of carbonyl (C=O) groups excluding carboxylic acids is 1. The summed E-state index contributed by atoms with van der Waals surface area (Å²) in [5, 5.41) is 21.7. The smallest absolute Gasteiger partial charge is 0.414 e. The van der Waals surface area contributed by atoms with Crippen molar-refractivity contribution in [3.63, 3.8) is 0 Å². The second-order valence-corrected chi connectivity index (χ2v) is 5.03. The van der Waals surface area contributed by atoms with E-state index in [0.717, 1.165) is 5.56 Å². The Kier molecular flexibility index (Phi) is 7.79. The highest BCUT2D eigenvalue weighted by atomic mass is 16.6. The highest BCUT2D eigenvalue weighted by Crippen LogP contribution is 2.02. The summed E-state index contributed by atoms with van der Waals surface area (Å²) in [7, 11) is 0. The average molecular weight is 353 g/mol. The zero-order chi connectivity index (χ0) is 18.8. The number of alkyl carbamates (subject to hydrolysis) is 1. The summed E-state index contributed by atoms with van der Waals surface area (Å²) in [6.07, 6.45) is -1.29. The maximum atomic E-state index is 11.5. The standard InChI is InChI=1S/C14H19N5O6/c15-11(12(20)21)6-10(19(23)24)7-17-13(16)18-14(22)25-8-9-4-2-1-3-5-9/h1-5,10-11H,6-8,15H2,(H,20,21)(H3,16,17,18,22)/t10?,11-/m0/s1. The number of carboxylic acids is 1. The molecular weight excluding hydrogens is 334 g/mol. The summed E-state index contributed by atoms with van der Waals surface area (Å²) < 4.78 is 4.91. The Hall–Kier alpha value is -3.21. The van der Waals surface area contributed by atoms with Crippen LogP contribution in [0.1, 0.15) is 12.0 Å². The third-order valence-corrected chi connectivity index (χ3v) is 3.06. The predicted octanol–water partition coefficient (Wildman–Crippen LogP) is -0.325. The van der Waals surface area contributed by atoms with E-state index in [-0.39, 0.29) is 12.6 Å². The summed E-state index contributed by atoms with van der Waals surface area (Å²) in [6, 6.07) is 6.17. The topological polar surface area (TPSA) is 183 Å². The Morgan fingerprint density at radius 2 is 2.00 bits per heavy atom. The molecule has 0 aromatic heterocycles. The number of carbonyl (C=O) groups is 2. The summed E-state index contributed by atoms with van der Waals surface area (Å²) in [6.45, 7) is -0.413. The van der Waals surface area contributed by atoms with Crippen LogP contribution in [0.25, 0.3) is 0 Å². The number of hydrogen-bond acceptors (Lipinski definition) is 7. The van der Waals surface area contributed by atoms with Crippen molar-refractivity contribution in [2.24, 2.45) is 16.5 Å². The molecule has 11 nitrogen and oxygen atoms in total. The number of rotatable bonds is 8. The lowest BCUT2D eigenvalue weighted by Crippen LogP contribution is -2.40. The Balaban J connectivity index is 2.48. The molecule has 1 unspecified atom stereocenters. The molecule has 0 saturated heterocycles. The van der Waals surface area contributed by atoms with Crippen LogP contribution in [0.15, 0.2) is 35.3 Å². The van der Waals surface area contributed by atoms with E-state index in [9.17, 15) is 19.7 Å². The number of amides is 1. The van der Waals surface area contributed by atoms with Crippen LogP contribution < -0.4 is 16.8 Å². The van der Waals surface area contributed by atoms with Crippen molar-refractivity contribution < 1.29 is 24.4 Å². The number of aliphatic carboxylic acids is 1. The summed E-state index contributed by atoms with van der Waals surface area (Å²) >= 11 is 0. The fourth-order valence-electron chi connectivity index (χ4n) is 1.73. The van der Waals surface area contributed by atoms with Crippen molar-refractivity contribution in [1.82, 2.24) is 5.32 Å². The van der Waals surface area contributed by atoms with Crippen molar-refractivity contribution in [3.8, 4) is 0 Å². The molecular formula is C14H19N5O6. The maximum Gasteiger partial charge on any atom is 0.414 e. The minimum Gasteiger partial charge on any atom is -0.480 e. The maximum absolute atomic E-state index is 11.5.